The number of hydrogen-bond acceptors (Lipinski definition) is 3. The third kappa shape index (κ3) is 4.04. The minimum atomic E-state index is -3.73. The van der Waals surface area contributed by atoms with Crippen molar-refractivity contribution in [1.29, 1.82) is 0 Å². The minimum absolute atomic E-state index is 0.0833. The van der Waals surface area contributed by atoms with Gasteiger partial charge in [0.05, 0.1) is 4.90 Å². The molecule has 6 heteroatoms. The molecule has 0 unspecified atom stereocenters. The smallest absolute Gasteiger partial charge is 0.257 e. The fourth-order valence-electron chi connectivity index (χ4n) is 2.64. The van der Waals surface area contributed by atoms with Gasteiger partial charge in [-0.2, -0.15) is 0 Å². The molecule has 5 nitrogen and oxygen atoms in total. The molecule has 0 heterocycles. The molecule has 1 aliphatic carbocycles. The van der Waals surface area contributed by atoms with Crippen molar-refractivity contribution in [3.8, 4) is 0 Å². The van der Waals surface area contributed by atoms with Crippen molar-refractivity contribution in [1.82, 2.24) is 10.3 Å². The number of carbonyl (C=O) groups is 1. The summed E-state index contributed by atoms with van der Waals surface area (Å²) in [6.07, 6.45) is 4.87. The standard InChI is InChI=1S/C15H22N2O3S/c1-11-8-9-12(2)14(10-11)21(19,20)17-16-15(18)13-6-4-3-5-7-13/h8-10,13,17H,3-7H2,1-2H3,(H,16,18). The lowest BCUT2D eigenvalue weighted by Gasteiger charge is -2.21. The fraction of sp³-hybridized carbons (Fsp3) is 0.533. The van der Waals surface area contributed by atoms with Gasteiger partial charge >= 0.3 is 0 Å². The van der Waals surface area contributed by atoms with Crippen LogP contribution in [0.25, 0.3) is 0 Å². The molecule has 1 amide bonds. The number of sulfonamides is 1. The summed E-state index contributed by atoms with van der Waals surface area (Å²) in [5.41, 5.74) is 3.87. The van der Waals surface area contributed by atoms with E-state index in [-0.39, 0.29) is 16.7 Å². The molecule has 0 atom stereocenters. The van der Waals surface area contributed by atoms with Crippen LogP contribution in [0.2, 0.25) is 0 Å². The van der Waals surface area contributed by atoms with Crippen molar-refractivity contribution in [3.63, 3.8) is 0 Å². The number of hydrazine groups is 1. The Balaban J connectivity index is 2.04. The summed E-state index contributed by atoms with van der Waals surface area (Å²) in [5.74, 6) is -0.316. The van der Waals surface area contributed by atoms with Crippen molar-refractivity contribution >= 4 is 15.9 Å². The van der Waals surface area contributed by atoms with E-state index in [4.69, 9.17) is 0 Å². The second-order valence-corrected chi connectivity index (χ2v) is 7.35. The number of nitrogens with one attached hydrogen (secondary N) is 2. The van der Waals surface area contributed by atoms with Crippen molar-refractivity contribution in [2.45, 2.75) is 50.8 Å². The molecule has 2 rings (SSSR count). The molecule has 1 aromatic rings. The van der Waals surface area contributed by atoms with E-state index in [0.29, 0.717) is 5.56 Å². The van der Waals surface area contributed by atoms with Crippen LogP contribution in [-0.4, -0.2) is 14.3 Å². The maximum atomic E-state index is 12.3. The highest BCUT2D eigenvalue weighted by molar-refractivity contribution is 7.89. The molecule has 0 aliphatic heterocycles. The minimum Gasteiger partial charge on any atom is -0.277 e. The Morgan fingerprint density at radius 1 is 1.14 bits per heavy atom. The van der Waals surface area contributed by atoms with Crippen LogP contribution in [0.15, 0.2) is 23.1 Å². The van der Waals surface area contributed by atoms with Gasteiger partial charge in [0, 0.05) is 5.92 Å². The van der Waals surface area contributed by atoms with E-state index in [1.165, 1.54) is 0 Å². The van der Waals surface area contributed by atoms with Crippen molar-refractivity contribution in [3.05, 3.63) is 29.3 Å². The van der Waals surface area contributed by atoms with Gasteiger partial charge in [0.15, 0.2) is 0 Å². The van der Waals surface area contributed by atoms with Crippen LogP contribution in [0.5, 0.6) is 0 Å². The quantitative estimate of drug-likeness (QED) is 0.837. The predicted molar refractivity (Wildman–Crippen MR) is 81.0 cm³/mol. The third-order valence-electron chi connectivity index (χ3n) is 3.92. The summed E-state index contributed by atoms with van der Waals surface area (Å²) in [4.78, 5) is 14.4. The van der Waals surface area contributed by atoms with E-state index in [1.807, 2.05) is 13.0 Å². The highest BCUT2D eigenvalue weighted by Crippen LogP contribution is 2.23. The van der Waals surface area contributed by atoms with E-state index >= 15 is 0 Å². The predicted octanol–water partition coefficient (Wildman–Crippen LogP) is 2.19. The molecule has 116 valence electrons. The highest BCUT2D eigenvalue weighted by Gasteiger charge is 2.23. The molecule has 1 fully saturated rings. The molecule has 1 saturated carbocycles. The van der Waals surface area contributed by atoms with E-state index < -0.39 is 10.0 Å². The summed E-state index contributed by atoms with van der Waals surface area (Å²) < 4.78 is 24.5. The molecule has 21 heavy (non-hydrogen) atoms. The molecule has 2 N–H and O–H groups in total. The van der Waals surface area contributed by atoms with Gasteiger partial charge in [0.2, 0.25) is 5.91 Å². The second kappa shape index (κ2) is 6.58. The van der Waals surface area contributed by atoms with Gasteiger partial charge < -0.3 is 0 Å². The largest absolute Gasteiger partial charge is 0.277 e. The van der Waals surface area contributed by atoms with Gasteiger partial charge in [-0.05, 0) is 43.9 Å². The first-order valence-electron chi connectivity index (χ1n) is 7.29. The van der Waals surface area contributed by atoms with Gasteiger partial charge in [-0.3, -0.25) is 10.2 Å². The Kier molecular flexibility index (Phi) is 5.00. The first kappa shape index (κ1) is 16.0. The zero-order valence-electron chi connectivity index (χ0n) is 12.5. The summed E-state index contributed by atoms with van der Waals surface area (Å²) in [7, 11) is -3.73. The van der Waals surface area contributed by atoms with Crippen LogP contribution in [0.4, 0.5) is 0 Å². The monoisotopic (exact) mass is 310 g/mol. The molecule has 0 radical (unpaired) electrons. The topological polar surface area (TPSA) is 75.3 Å². The SMILES string of the molecule is Cc1ccc(C)c(S(=O)(=O)NNC(=O)C2CCCCC2)c1. The molecule has 1 aliphatic rings. The Morgan fingerprint density at radius 2 is 1.81 bits per heavy atom. The van der Waals surface area contributed by atoms with E-state index in [9.17, 15) is 13.2 Å². The summed E-state index contributed by atoms with van der Waals surface area (Å²) >= 11 is 0. The third-order valence-corrected chi connectivity index (χ3v) is 5.31. The Bertz CT molecular complexity index is 620. The molecule has 0 aromatic heterocycles. The molecular formula is C15H22N2O3S. The molecule has 1 aromatic carbocycles. The number of rotatable bonds is 4. The van der Waals surface area contributed by atoms with E-state index in [2.05, 4.69) is 10.3 Å². The molecule has 0 bridgehead atoms. The molecule has 0 spiro atoms. The van der Waals surface area contributed by atoms with Gasteiger partial charge in [0.1, 0.15) is 0 Å². The van der Waals surface area contributed by atoms with Gasteiger partial charge in [-0.1, -0.05) is 31.4 Å². The number of carbonyl (C=O) groups excluding carboxylic acids is 1. The highest BCUT2D eigenvalue weighted by atomic mass is 32.2. The van der Waals surface area contributed by atoms with Gasteiger partial charge in [-0.15, -0.1) is 4.83 Å². The normalized spacial score (nSPS) is 16.7. The first-order valence-corrected chi connectivity index (χ1v) is 8.77. The summed E-state index contributed by atoms with van der Waals surface area (Å²) in [5, 5.41) is 0. The van der Waals surface area contributed by atoms with Crippen molar-refractivity contribution in [2.24, 2.45) is 5.92 Å². The van der Waals surface area contributed by atoms with Gasteiger partial charge in [-0.25, -0.2) is 8.42 Å². The zero-order valence-corrected chi connectivity index (χ0v) is 13.3. The molecule has 0 saturated heterocycles. The lowest BCUT2D eigenvalue weighted by atomic mass is 9.89. The number of amides is 1. The first-order chi connectivity index (χ1) is 9.90. The fourth-order valence-corrected chi connectivity index (χ4v) is 3.81. The van der Waals surface area contributed by atoms with Crippen LogP contribution < -0.4 is 10.3 Å². The van der Waals surface area contributed by atoms with Crippen LogP contribution in [0.3, 0.4) is 0 Å². The van der Waals surface area contributed by atoms with E-state index in [0.717, 1.165) is 37.7 Å². The lowest BCUT2D eigenvalue weighted by Crippen LogP contribution is -2.45. The van der Waals surface area contributed by atoms with Crippen LogP contribution in [0.1, 0.15) is 43.2 Å². The lowest BCUT2D eigenvalue weighted by molar-refractivity contribution is -0.126. The average molecular weight is 310 g/mol. The van der Waals surface area contributed by atoms with Crippen molar-refractivity contribution < 1.29 is 13.2 Å². The van der Waals surface area contributed by atoms with Crippen LogP contribution in [0, 0.1) is 19.8 Å². The number of aryl methyl sites for hydroxylation is 2. The van der Waals surface area contributed by atoms with Gasteiger partial charge in [0.25, 0.3) is 10.0 Å². The summed E-state index contributed by atoms with van der Waals surface area (Å²) in [6.45, 7) is 3.57. The summed E-state index contributed by atoms with van der Waals surface area (Å²) in [6, 6.07) is 5.21. The van der Waals surface area contributed by atoms with Crippen molar-refractivity contribution in [2.75, 3.05) is 0 Å². The Hall–Kier alpha value is -1.40. The number of benzene rings is 1. The van der Waals surface area contributed by atoms with Crippen LogP contribution in [-0.2, 0) is 14.8 Å². The average Bonchev–Trinajstić information content (AvgIpc) is 2.48. The molecular weight excluding hydrogens is 288 g/mol. The number of hydrogen-bond donors (Lipinski definition) is 2. The van der Waals surface area contributed by atoms with Crippen LogP contribution >= 0.6 is 0 Å². The van der Waals surface area contributed by atoms with E-state index in [1.54, 1.807) is 19.1 Å². The Morgan fingerprint density at radius 3 is 2.48 bits per heavy atom. The maximum absolute atomic E-state index is 12.3. The zero-order chi connectivity index (χ0) is 15.5. The Labute approximate surface area is 126 Å². The second-order valence-electron chi connectivity index (χ2n) is 5.70. The maximum Gasteiger partial charge on any atom is 0.257 e.